The summed E-state index contributed by atoms with van der Waals surface area (Å²) in [5, 5.41) is 12.0. The van der Waals surface area contributed by atoms with Crippen molar-refractivity contribution in [3.8, 4) is 0 Å². The van der Waals surface area contributed by atoms with E-state index in [9.17, 15) is 9.59 Å². The Labute approximate surface area is 106 Å². The van der Waals surface area contributed by atoms with Gasteiger partial charge in [-0.15, -0.1) is 0 Å². The molecule has 1 rings (SSSR count). The molecule has 98 valence electrons. The summed E-state index contributed by atoms with van der Waals surface area (Å²) < 4.78 is 0. The maximum absolute atomic E-state index is 11.9. The Morgan fingerprint density at radius 3 is 2.33 bits per heavy atom. The van der Waals surface area contributed by atoms with Crippen molar-refractivity contribution in [1.82, 2.24) is 4.90 Å². The average molecular weight is 250 g/mol. The number of amides is 1. The zero-order chi connectivity index (χ0) is 13.8. The van der Waals surface area contributed by atoms with Crippen LogP contribution in [0.4, 0.5) is 5.69 Å². The predicted octanol–water partition coefficient (Wildman–Crippen LogP) is 1.42. The number of anilines is 1. The molecule has 0 aromatic heterocycles. The number of aliphatic carboxylic acids is 1. The van der Waals surface area contributed by atoms with Gasteiger partial charge in [-0.2, -0.15) is 0 Å². The second-order valence-electron chi connectivity index (χ2n) is 4.54. The Hall–Kier alpha value is -2.04. The molecule has 0 saturated carbocycles. The van der Waals surface area contributed by atoms with Gasteiger partial charge in [0, 0.05) is 12.7 Å². The van der Waals surface area contributed by atoms with Gasteiger partial charge in [-0.1, -0.05) is 18.2 Å². The fourth-order valence-corrected chi connectivity index (χ4v) is 1.31. The summed E-state index contributed by atoms with van der Waals surface area (Å²) in [7, 11) is 1.49. The number of hydrogen-bond acceptors (Lipinski definition) is 3. The van der Waals surface area contributed by atoms with E-state index in [1.165, 1.54) is 25.8 Å². The van der Waals surface area contributed by atoms with Crippen molar-refractivity contribution in [3.05, 3.63) is 30.3 Å². The first kappa shape index (κ1) is 14.0. The largest absolute Gasteiger partial charge is 0.480 e. The maximum Gasteiger partial charge on any atom is 0.329 e. The van der Waals surface area contributed by atoms with Gasteiger partial charge in [-0.3, -0.25) is 4.79 Å². The molecule has 0 aliphatic carbocycles. The third-order valence-corrected chi connectivity index (χ3v) is 2.95. The lowest BCUT2D eigenvalue weighted by Gasteiger charge is -2.31. The van der Waals surface area contributed by atoms with Crippen LogP contribution in [0.2, 0.25) is 0 Å². The van der Waals surface area contributed by atoms with Gasteiger partial charge >= 0.3 is 5.97 Å². The van der Waals surface area contributed by atoms with Crippen LogP contribution in [0.3, 0.4) is 0 Å². The highest BCUT2D eigenvalue weighted by molar-refractivity contribution is 5.88. The van der Waals surface area contributed by atoms with Crippen LogP contribution in [-0.4, -0.2) is 41.0 Å². The van der Waals surface area contributed by atoms with Crippen LogP contribution in [0.15, 0.2) is 30.3 Å². The Bertz CT molecular complexity index is 429. The number of nitrogens with zero attached hydrogens (tertiary/aromatic N) is 1. The summed E-state index contributed by atoms with van der Waals surface area (Å²) in [5.74, 6) is -1.30. The van der Waals surface area contributed by atoms with Gasteiger partial charge < -0.3 is 15.3 Å². The summed E-state index contributed by atoms with van der Waals surface area (Å²) in [4.78, 5) is 24.1. The molecule has 1 amide bonds. The Morgan fingerprint density at radius 2 is 1.83 bits per heavy atom. The van der Waals surface area contributed by atoms with Gasteiger partial charge in [0.1, 0.15) is 5.54 Å². The molecule has 0 spiro atoms. The minimum Gasteiger partial charge on any atom is -0.480 e. The lowest BCUT2D eigenvalue weighted by atomic mass is 10.0. The van der Waals surface area contributed by atoms with E-state index in [1.807, 2.05) is 30.3 Å². The molecule has 18 heavy (non-hydrogen) atoms. The van der Waals surface area contributed by atoms with Crippen LogP contribution < -0.4 is 5.32 Å². The molecule has 0 aliphatic heterocycles. The third kappa shape index (κ3) is 3.23. The molecule has 0 unspecified atom stereocenters. The van der Waals surface area contributed by atoms with Crippen molar-refractivity contribution in [2.24, 2.45) is 0 Å². The molecule has 1 aromatic rings. The van der Waals surface area contributed by atoms with Crippen LogP contribution in [0, 0.1) is 0 Å². The quantitative estimate of drug-likeness (QED) is 0.829. The van der Waals surface area contributed by atoms with Crippen LogP contribution in [0.1, 0.15) is 13.8 Å². The first-order chi connectivity index (χ1) is 8.35. The topological polar surface area (TPSA) is 69.6 Å². The minimum atomic E-state index is -1.21. The molecular weight excluding hydrogens is 232 g/mol. The summed E-state index contributed by atoms with van der Waals surface area (Å²) in [6.07, 6.45) is 0. The first-order valence-corrected chi connectivity index (χ1v) is 5.64. The van der Waals surface area contributed by atoms with E-state index in [0.29, 0.717) is 0 Å². The molecule has 0 atom stereocenters. The number of benzene rings is 1. The number of para-hydroxylation sites is 1. The van der Waals surface area contributed by atoms with Crippen LogP contribution >= 0.6 is 0 Å². The predicted molar refractivity (Wildman–Crippen MR) is 69.4 cm³/mol. The number of carbonyl (C=O) groups is 2. The van der Waals surface area contributed by atoms with Gasteiger partial charge in [0.2, 0.25) is 5.91 Å². The number of nitrogens with one attached hydrogen (secondary N) is 1. The van der Waals surface area contributed by atoms with Crippen molar-refractivity contribution < 1.29 is 14.7 Å². The zero-order valence-corrected chi connectivity index (χ0v) is 10.8. The number of carbonyl (C=O) groups excluding carboxylic acids is 1. The lowest BCUT2D eigenvalue weighted by molar-refractivity contribution is -0.154. The Balaban J connectivity index is 2.59. The third-order valence-electron chi connectivity index (χ3n) is 2.95. The van der Waals surface area contributed by atoms with E-state index < -0.39 is 11.5 Å². The van der Waals surface area contributed by atoms with Crippen molar-refractivity contribution >= 4 is 17.6 Å². The first-order valence-electron chi connectivity index (χ1n) is 5.64. The smallest absolute Gasteiger partial charge is 0.329 e. The summed E-state index contributed by atoms with van der Waals surface area (Å²) in [6, 6.07) is 9.29. The standard InChI is InChI=1S/C13H18N2O3/c1-13(2,12(17)18)15(3)11(16)9-14-10-7-5-4-6-8-10/h4-8,14H,9H2,1-3H3,(H,17,18). The van der Waals surface area contributed by atoms with Crippen molar-refractivity contribution in [1.29, 1.82) is 0 Å². The number of hydrogen-bond donors (Lipinski definition) is 2. The van der Waals surface area contributed by atoms with Gasteiger partial charge in [0.05, 0.1) is 6.54 Å². The fourth-order valence-electron chi connectivity index (χ4n) is 1.31. The zero-order valence-electron chi connectivity index (χ0n) is 10.8. The van der Waals surface area contributed by atoms with Crippen LogP contribution in [0.25, 0.3) is 0 Å². The molecular formula is C13H18N2O3. The molecule has 1 aromatic carbocycles. The summed E-state index contributed by atoms with van der Waals surface area (Å²) >= 11 is 0. The molecule has 2 N–H and O–H groups in total. The number of likely N-dealkylation sites (N-methyl/N-ethyl adjacent to an activating group) is 1. The van der Waals surface area contributed by atoms with Crippen molar-refractivity contribution in [2.45, 2.75) is 19.4 Å². The number of rotatable bonds is 5. The van der Waals surface area contributed by atoms with Crippen LogP contribution in [0.5, 0.6) is 0 Å². The molecule has 0 radical (unpaired) electrons. The fraction of sp³-hybridized carbons (Fsp3) is 0.385. The van der Waals surface area contributed by atoms with E-state index in [-0.39, 0.29) is 12.5 Å². The highest BCUT2D eigenvalue weighted by Gasteiger charge is 2.34. The normalized spacial score (nSPS) is 10.8. The minimum absolute atomic E-state index is 0.0667. The maximum atomic E-state index is 11.9. The number of carboxylic acids is 1. The highest BCUT2D eigenvalue weighted by Crippen LogP contribution is 2.13. The molecule has 0 bridgehead atoms. The van der Waals surface area contributed by atoms with E-state index >= 15 is 0 Å². The van der Waals surface area contributed by atoms with E-state index in [2.05, 4.69) is 5.32 Å². The molecule has 5 heteroatoms. The summed E-state index contributed by atoms with van der Waals surface area (Å²) in [6.45, 7) is 3.06. The second kappa shape index (κ2) is 5.53. The van der Waals surface area contributed by atoms with Gasteiger partial charge in [0.15, 0.2) is 0 Å². The highest BCUT2D eigenvalue weighted by atomic mass is 16.4. The number of carboxylic acid groups (broad SMARTS) is 1. The lowest BCUT2D eigenvalue weighted by Crippen LogP contribution is -2.52. The van der Waals surface area contributed by atoms with E-state index in [0.717, 1.165) is 5.69 Å². The second-order valence-corrected chi connectivity index (χ2v) is 4.54. The average Bonchev–Trinajstić information content (AvgIpc) is 2.36. The Morgan fingerprint density at radius 1 is 1.28 bits per heavy atom. The van der Waals surface area contributed by atoms with Gasteiger partial charge in [0.25, 0.3) is 0 Å². The molecule has 0 saturated heterocycles. The van der Waals surface area contributed by atoms with Crippen molar-refractivity contribution in [3.63, 3.8) is 0 Å². The molecule has 5 nitrogen and oxygen atoms in total. The van der Waals surface area contributed by atoms with Crippen molar-refractivity contribution in [2.75, 3.05) is 18.9 Å². The SMILES string of the molecule is CN(C(=O)CNc1ccccc1)C(C)(C)C(=O)O. The Kier molecular flexibility index (Phi) is 4.31. The molecule has 0 heterocycles. The molecule has 0 fully saturated rings. The van der Waals surface area contributed by atoms with E-state index in [1.54, 1.807) is 0 Å². The van der Waals surface area contributed by atoms with Gasteiger partial charge in [-0.25, -0.2) is 4.79 Å². The monoisotopic (exact) mass is 250 g/mol. The van der Waals surface area contributed by atoms with Gasteiger partial charge in [-0.05, 0) is 26.0 Å². The van der Waals surface area contributed by atoms with E-state index in [4.69, 9.17) is 5.11 Å². The molecule has 0 aliphatic rings. The van der Waals surface area contributed by atoms with Crippen LogP contribution in [-0.2, 0) is 9.59 Å². The summed E-state index contributed by atoms with van der Waals surface area (Å²) in [5.41, 5.74) is -0.387.